The summed E-state index contributed by atoms with van der Waals surface area (Å²) in [4.78, 5) is 0.708. The first-order chi connectivity index (χ1) is 8.16. The molecule has 0 saturated carbocycles. The van der Waals surface area contributed by atoms with E-state index in [1.54, 1.807) is 0 Å². The molecule has 0 spiro atoms. The molecule has 1 aliphatic heterocycles. The van der Waals surface area contributed by atoms with Crippen molar-refractivity contribution in [3.05, 3.63) is 0 Å². The van der Waals surface area contributed by atoms with Gasteiger partial charge in [0, 0.05) is 16.8 Å². The maximum atomic E-state index is 5.71. The Kier molecular flexibility index (Phi) is 7.72. The first-order valence-electron chi connectivity index (χ1n) is 6.96. The molecule has 0 aliphatic carbocycles. The Morgan fingerprint density at radius 3 is 2.53 bits per heavy atom. The van der Waals surface area contributed by atoms with Crippen molar-refractivity contribution >= 4 is 15.9 Å². The van der Waals surface area contributed by atoms with E-state index in [0.29, 0.717) is 10.2 Å². The van der Waals surface area contributed by atoms with Crippen LogP contribution in [0.1, 0.15) is 52.4 Å². The molecule has 0 aromatic carbocycles. The monoisotopic (exact) mass is 306 g/mol. The maximum absolute atomic E-state index is 5.71. The number of rotatable bonds is 10. The summed E-state index contributed by atoms with van der Waals surface area (Å²) in [6.07, 6.45) is 7.69. The van der Waals surface area contributed by atoms with E-state index in [4.69, 9.17) is 9.47 Å². The molecule has 1 aliphatic rings. The van der Waals surface area contributed by atoms with Crippen LogP contribution in [0.4, 0.5) is 0 Å². The van der Waals surface area contributed by atoms with Gasteiger partial charge in [-0.3, -0.25) is 0 Å². The van der Waals surface area contributed by atoms with Crippen molar-refractivity contribution < 1.29 is 9.47 Å². The van der Waals surface area contributed by atoms with Gasteiger partial charge >= 0.3 is 0 Å². The van der Waals surface area contributed by atoms with Crippen LogP contribution >= 0.6 is 15.9 Å². The normalized spacial score (nSPS) is 19.9. The van der Waals surface area contributed by atoms with Crippen molar-refractivity contribution in [2.75, 3.05) is 26.4 Å². The lowest BCUT2D eigenvalue weighted by molar-refractivity contribution is -0.137. The predicted octanol–water partition coefficient (Wildman–Crippen LogP) is 4.16. The van der Waals surface area contributed by atoms with Gasteiger partial charge in [0.2, 0.25) is 0 Å². The van der Waals surface area contributed by atoms with Gasteiger partial charge < -0.3 is 9.47 Å². The van der Waals surface area contributed by atoms with Crippen LogP contribution in [-0.4, -0.2) is 31.3 Å². The van der Waals surface area contributed by atoms with E-state index in [1.165, 1.54) is 38.5 Å². The van der Waals surface area contributed by atoms with Crippen LogP contribution in [0.5, 0.6) is 0 Å². The molecule has 0 N–H and O–H groups in total. The number of hydrogen-bond acceptors (Lipinski definition) is 2. The highest BCUT2D eigenvalue weighted by Crippen LogP contribution is 2.26. The number of halogens is 1. The van der Waals surface area contributed by atoms with Gasteiger partial charge in [-0.1, -0.05) is 49.0 Å². The van der Waals surface area contributed by atoms with Crippen LogP contribution in [-0.2, 0) is 9.47 Å². The van der Waals surface area contributed by atoms with Gasteiger partial charge in [0.15, 0.2) is 0 Å². The Morgan fingerprint density at radius 1 is 1.24 bits per heavy atom. The predicted molar refractivity (Wildman–Crippen MR) is 75.8 cm³/mol. The van der Waals surface area contributed by atoms with Gasteiger partial charge in [-0.25, -0.2) is 0 Å². The third kappa shape index (κ3) is 6.78. The number of unbranched alkanes of at least 4 members (excludes halogenated alkanes) is 2. The van der Waals surface area contributed by atoms with Crippen LogP contribution in [0.2, 0.25) is 0 Å². The van der Waals surface area contributed by atoms with E-state index in [0.717, 1.165) is 26.4 Å². The molecule has 1 rings (SSSR count). The first kappa shape index (κ1) is 15.5. The average Bonchev–Trinajstić information content (AvgIpc) is 2.28. The summed E-state index contributed by atoms with van der Waals surface area (Å²) in [5, 5.41) is 0. The van der Waals surface area contributed by atoms with Gasteiger partial charge in [0.25, 0.3) is 0 Å². The van der Waals surface area contributed by atoms with Crippen molar-refractivity contribution in [3.8, 4) is 0 Å². The van der Waals surface area contributed by atoms with Crippen molar-refractivity contribution in [2.24, 2.45) is 5.41 Å². The molecule has 0 aromatic heterocycles. The van der Waals surface area contributed by atoms with Crippen LogP contribution in [0, 0.1) is 5.41 Å². The lowest BCUT2D eigenvalue weighted by Gasteiger charge is -2.37. The Bertz CT molecular complexity index is 193. The zero-order chi connectivity index (χ0) is 12.6. The third-order valence-corrected chi connectivity index (χ3v) is 4.19. The summed E-state index contributed by atoms with van der Waals surface area (Å²) in [6.45, 7) is 7.98. The van der Waals surface area contributed by atoms with E-state index in [-0.39, 0.29) is 0 Å². The Hall–Kier alpha value is 0.400. The van der Waals surface area contributed by atoms with E-state index in [2.05, 4.69) is 29.8 Å². The molecule has 1 heterocycles. The van der Waals surface area contributed by atoms with Gasteiger partial charge in [0.1, 0.15) is 0 Å². The quantitative estimate of drug-likeness (QED) is 0.445. The highest BCUT2D eigenvalue weighted by atomic mass is 79.9. The SMILES string of the molecule is CCCCC(Br)CCCCOCC1(C)COC1. The molecule has 0 bridgehead atoms. The molecule has 0 amide bonds. The molecule has 0 radical (unpaired) electrons. The summed E-state index contributed by atoms with van der Waals surface area (Å²) >= 11 is 3.74. The minimum absolute atomic E-state index is 0.305. The lowest BCUT2D eigenvalue weighted by atomic mass is 9.90. The Balaban J connectivity index is 1.84. The summed E-state index contributed by atoms with van der Waals surface area (Å²) in [5.74, 6) is 0. The van der Waals surface area contributed by atoms with Crippen LogP contribution in [0.25, 0.3) is 0 Å². The van der Waals surface area contributed by atoms with Crippen LogP contribution in [0.15, 0.2) is 0 Å². The Labute approximate surface area is 115 Å². The molecule has 1 atom stereocenters. The zero-order valence-electron chi connectivity index (χ0n) is 11.3. The van der Waals surface area contributed by atoms with Crippen LogP contribution < -0.4 is 0 Å². The lowest BCUT2D eigenvalue weighted by Crippen LogP contribution is -2.43. The molecular formula is C14H27BrO2. The fourth-order valence-electron chi connectivity index (χ4n) is 1.99. The summed E-state index contributed by atoms with van der Waals surface area (Å²) in [5.41, 5.74) is 0.305. The maximum Gasteiger partial charge on any atom is 0.0564 e. The number of ether oxygens (including phenoxy) is 2. The highest BCUT2D eigenvalue weighted by molar-refractivity contribution is 9.09. The Morgan fingerprint density at radius 2 is 1.94 bits per heavy atom. The molecule has 3 heteroatoms. The summed E-state index contributed by atoms with van der Waals surface area (Å²) in [6, 6.07) is 0. The standard InChI is InChI=1S/C14H27BrO2/c1-3-4-7-13(15)8-5-6-9-16-10-14(2)11-17-12-14/h13H,3-12H2,1-2H3. The molecular weight excluding hydrogens is 280 g/mol. The zero-order valence-corrected chi connectivity index (χ0v) is 12.9. The minimum atomic E-state index is 0.305. The minimum Gasteiger partial charge on any atom is -0.381 e. The first-order valence-corrected chi connectivity index (χ1v) is 7.87. The molecule has 102 valence electrons. The molecule has 1 saturated heterocycles. The van der Waals surface area contributed by atoms with Crippen LogP contribution in [0.3, 0.4) is 0 Å². The summed E-state index contributed by atoms with van der Waals surface area (Å²) < 4.78 is 10.9. The van der Waals surface area contributed by atoms with Crippen molar-refractivity contribution in [3.63, 3.8) is 0 Å². The number of alkyl halides is 1. The second-order valence-electron chi connectivity index (χ2n) is 5.59. The van der Waals surface area contributed by atoms with Gasteiger partial charge in [-0.15, -0.1) is 0 Å². The van der Waals surface area contributed by atoms with E-state index in [9.17, 15) is 0 Å². The topological polar surface area (TPSA) is 18.5 Å². The van der Waals surface area contributed by atoms with Crippen molar-refractivity contribution in [1.29, 1.82) is 0 Å². The smallest absolute Gasteiger partial charge is 0.0564 e. The summed E-state index contributed by atoms with van der Waals surface area (Å²) in [7, 11) is 0. The molecule has 2 nitrogen and oxygen atoms in total. The molecule has 0 aromatic rings. The highest BCUT2D eigenvalue weighted by Gasteiger charge is 2.33. The van der Waals surface area contributed by atoms with E-state index >= 15 is 0 Å². The van der Waals surface area contributed by atoms with Gasteiger partial charge in [0.05, 0.1) is 19.8 Å². The fraction of sp³-hybridized carbons (Fsp3) is 1.00. The van der Waals surface area contributed by atoms with Crippen molar-refractivity contribution in [2.45, 2.75) is 57.2 Å². The average molecular weight is 307 g/mol. The molecule has 1 unspecified atom stereocenters. The van der Waals surface area contributed by atoms with Crippen molar-refractivity contribution in [1.82, 2.24) is 0 Å². The molecule has 1 fully saturated rings. The van der Waals surface area contributed by atoms with Gasteiger partial charge in [-0.2, -0.15) is 0 Å². The van der Waals surface area contributed by atoms with E-state index in [1.807, 2.05) is 0 Å². The second-order valence-corrected chi connectivity index (χ2v) is 6.89. The fourth-order valence-corrected chi connectivity index (χ4v) is 2.64. The largest absolute Gasteiger partial charge is 0.381 e. The number of hydrogen-bond donors (Lipinski definition) is 0. The van der Waals surface area contributed by atoms with E-state index < -0.39 is 0 Å². The van der Waals surface area contributed by atoms with Gasteiger partial charge in [-0.05, 0) is 19.3 Å². The second kappa shape index (κ2) is 8.49. The molecule has 17 heavy (non-hydrogen) atoms. The third-order valence-electron chi connectivity index (χ3n) is 3.28.